The fourth-order valence-electron chi connectivity index (χ4n) is 1.12. The molecular formula is C11H25NO. The fourth-order valence-corrected chi connectivity index (χ4v) is 1.12. The van der Waals surface area contributed by atoms with E-state index in [1.807, 2.05) is 13.8 Å². The van der Waals surface area contributed by atoms with Crippen molar-refractivity contribution in [3.63, 3.8) is 0 Å². The highest BCUT2D eigenvalue weighted by Gasteiger charge is 2.01. The number of carbonyl (C=O) groups is 1. The van der Waals surface area contributed by atoms with Gasteiger partial charge in [-0.25, -0.2) is 0 Å². The molecule has 0 aromatic carbocycles. The summed E-state index contributed by atoms with van der Waals surface area (Å²) in [6.07, 6.45) is 4.84. The number of carbonyl (C=O) groups excluding carboxylic acids is 1. The first-order valence-corrected chi connectivity index (χ1v) is 5.44. The summed E-state index contributed by atoms with van der Waals surface area (Å²) < 4.78 is 0. The lowest BCUT2D eigenvalue weighted by atomic mass is 10.1. The molecule has 2 heteroatoms. The molecule has 80 valence electrons. The minimum Gasteiger partial charge on any atom is -0.354 e. The molecule has 0 rings (SSSR count). The van der Waals surface area contributed by atoms with E-state index in [1.54, 1.807) is 6.92 Å². The van der Waals surface area contributed by atoms with Crippen molar-refractivity contribution in [2.45, 2.75) is 66.3 Å². The Kier molecular flexibility index (Phi) is 13.2. The molecule has 0 bridgehead atoms. The third-order valence-electron chi connectivity index (χ3n) is 1.69. The smallest absolute Gasteiger partial charge is 0.217 e. The molecule has 0 saturated carbocycles. The molecule has 0 radical (unpaired) electrons. The van der Waals surface area contributed by atoms with Crippen LogP contribution in [0.15, 0.2) is 0 Å². The number of hydrogen-bond donors (Lipinski definition) is 1. The van der Waals surface area contributed by atoms with Crippen molar-refractivity contribution in [1.82, 2.24) is 5.32 Å². The lowest BCUT2D eigenvalue weighted by molar-refractivity contribution is -0.119. The highest BCUT2D eigenvalue weighted by atomic mass is 16.1. The van der Waals surface area contributed by atoms with Crippen molar-refractivity contribution in [2.75, 3.05) is 0 Å². The van der Waals surface area contributed by atoms with E-state index >= 15 is 0 Å². The van der Waals surface area contributed by atoms with E-state index in [0.29, 0.717) is 6.04 Å². The van der Waals surface area contributed by atoms with Gasteiger partial charge >= 0.3 is 0 Å². The first kappa shape index (κ1) is 15.0. The maximum atomic E-state index is 10.6. The number of nitrogens with one attached hydrogen (secondary N) is 1. The van der Waals surface area contributed by atoms with E-state index < -0.39 is 0 Å². The zero-order chi connectivity index (χ0) is 10.7. The Morgan fingerprint density at radius 2 is 1.85 bits per heavy atom. The average molecular weight is 187 g/mol. The van der Waals surface area contributed by atoms with Crippen molar-refractivity contribution in [3.8, 4) is 0 Å². The van der Waals surface area contributed by atoms with Gasteiger partial charge in [0.25, 0.3) is 0 Å². The molecule has 0 aliphatic heterocycles. The van der Waals surface area contributed by atoms with Gasteiger partial charge in [-0.3, -0.25) is 4.79 Å². The Bertz CT molecular complexity index is 113. The number of rotatable bonds is 5. The van der Waals surface area contributed by atoms with E-state index in [1.165, 1.54) is 19.3 Å². The van der Waals surface area contributed by atoms with Crippen LogP contribution in [-0.4, -0.2) is 11.9 Å². The zero-order valence-electron chi connectivity index (χ0n) is 9.81. The van der Waals surface area contributed by atoms with Crippen molar-refractivity contribution < 1.29 is 4.79 Å². The summed E-state index contributed by atoms with van der Waals surface area (Å²) in [5, 5.41) is 2.86. The van der Waals surface area contributed by atoms with Crippen molar-refractivity contribution in [3.05, 3.63) is 0 Å². The quantitative estimate of drug-likeness (QED) is 0.658. The summed E-state index contributed by atoms with van der Waals surface area (Å²) >= 11 is 0. The predicted molar refractivity (Wildman–Crippen MR) is 58.8 cm³/mol. The molecule has 13 heavy (non-hydrogen) atoms. The van der Waals surface area contributed by atoms with E-state index in [-0.39, 0.29) is 5.91 Å². The maximum absolute atomic E-state index is 10.6. The van der Waals surface area contributed by atoms with Gasteiger partial charge in [0, 0.05) is 13.0 Å². The van der Waals surface area contributed by atoms with E-state index in [9.17, 15) is 4.79 Å². The number of unbranched alkanes of at least 4 members (excludes halogenated alkanes) is 2. The van der Waals surface area contributed by atoms with Crippen molar-refractivity contribution >= 4 is 5.91 Å². The molecule has 1 N–H and O–H groups in total. The van der Waals surface area contributed by atoms with Crippen LogP contribution in [0.25, 0.3) is 0 Å². The SMILES string of the molecule is CC.CCCCCC(C)NC(C)=O. The molecule has 0 saturated heterocycles. The Hall–Kier alpha value is -0.530. The summed E-state index contributed by atoms with van der Waals surface area (Å²) in [7, 11) is 0. The van der Waals surface area contributed by atoms with Crippen LogP contribution in [-0.2, 0) is 4.79 Å². The molecule has 0 fully saturated rings. The maximum Gasteiger partial charge on any atom is 0.217 e. The largest absolute Gasteiger partial charge is 0.354 e. The summed E-state index contributed by atoms with van der Waals surface area (Å²) in [4.78, 5) is 10.6. The number of amides is 1. The van der Waals surface area contributed by atoms with E-state index in [4.69, 9.17) is 0 Å². The second kappa shape index (κ2) is 11.5. The van der Waals surface area contributed by atoms with Gasteiger partial charge in [-0.2, -0.15) is 0 Å². The normalized spacial score (nSPS) is 11.2. The third-order valence-corrected chi connectivity index (χ3v) is 1.69. The standard InChI is InChI=1S/C9H19NO.C2H6/c1-4-5-6-7-8(2)10-9(3)11;1-2/h8H,4-7H2,1-3H3,(H,10,11);1-2H3. The van der Waals surface area contributed by atoms with Gasteiger partial charge in [0.15, 0.2) is 0 Å². The lowest BCUT2D eigenvalue weighted by Crippen LogP contribution is -2.30. The van der Waals surface area contributed by atoms with E-state index in [0.717, 1.165) is 6.42 Å². The van der Waals surface area contributed by atoms with Gasteiger partial charge in [0.2, 0.25) is 5.91 Å². The Labute approximate surface area is 83.1 Å². The zero-order valence-corrected chi connectivity index (χ0v) is 9.81. The second-order valence-corrected chi connectivity index (χ2v) is 3.10. The van der Waals surface area contributed by atoms with Crippen LogP contribution in [0.5, 0.6) is 0 Å². The highest BCUT2D eigenvalue weighted by Crippen LogP contribution is 2.02. The summed E-state index contributed by atoms with van der Waals surface area (Å²) in [5.41, 5.74) is 0. The Morgan fingerprint density at radius 1 is 1.31 bits per heavy atom. The third kappa shape index (κ3) is 14.3. The minimum atomic E-state index is 0.0778. The topological polar surface area (TPSA) is 29.1 Å². The molecule has 0 aromatic heterocycles. The average Bonchev–Trinajstić information content (AvgIpc) is 2.07. The van der Waals surface area contributed by atoms with Gasteiger partial charge in [0.1, 0.15) is 0 Å². The molecule has 0 aliphatic rings. The fraction of sp³-hybridized carbons (Fsp3) is 0.909. The molecule has 0 spiro atoms. The summed E-state index contributed by atoms with van der Waals surface area (Å²) in [6.45, 7) is 9.80. The lowest BCUT2D eigenvalue weighted by Gasteiger charge is -2.10. The monoisotopic (exact) mass is 187 g/mol. The predicted octanol–water partition coefficient (Wildman–Crippen LogP) is 3.12. The second-order valence-electron chi connectivity index (χ2n) is 3.10. The molecule has 1 atom stereocenters. The van der Waals surface area contributed by atoms with Crippen molar-refractivity contribution in [2.24, 2.45) is 0 Å². The van der Waals surface area contributed by atoms with E-state index in [2.05, 4.69) is 19.2 Å². The van der Waals surface area contributed by atoms with Crippen LogP contribution in [0, 0.1) is 0 Å². The van der Waals surface area contributed by atoms with Crippen molar-refractivity contribution in [1.29, 1.82) is 0 Å². The molecule has 1 unspecified atom stereocenters. The first-order chi connectivity index (χ1) is 6.16. The molecule has 0 aromatic rings. The van der Waals surface area contributed by atoms with Gasteiger partial charge < -0.3 is 5.32 Å². The van der Waals surface area contributed by atoms with Crippen LogP contribution in [0.2, 0.25) is 0 Å². The summed E-state index contributed by atoms with van der Waals surface area (Å²) in [6, 6.07) is 0.346. The Balaban J connectivity index is 0. The Morgan fingerprint density at radius 3 is 2.23 bits per heavy atom. The van der Waals surface area contributed by atoms with Gasteiger partial charge in [-0.1, -0.05) is 40.0 Å². The van der Waals surface area contributed by atoms with Gasteiger partial charge in [-0.15, -0.1) is 0 Å². The van der Waals surface area contributed by atoms with Gasteiger partial charge in [-0.05, 0) is 13.3 Å². The van der Waals surface area contributed by atoms with Crippen LogP contribution < -0.4 is 5.32 Å². The summed E-state index contributed by atoms with van der Waals surface area (Å²) in [5.74, 6) is 0.0778. The van der Waals surface area contributed by atoms with Crippen LogP contribution >= 0.6 is 0 Å². The molecular weight excluding hydrogens is 162 g/mol. The molecule has 0 heterocycles. The van der Waals surface area contributed by atoms with Gasteiger partial charge in [0.05, 0.1) is 0 Å². The molecule has 2 nitrogen and oxygen atoms in total. The minimum absolute atomic E-state index is 0.0778. The molecule has 1 amide bonds. The van der Waals surface area contributed by atoms with Crippen LogP contribution in [0.1, 0.15) is 60.3 Å². The first-order valence-electron chi connectivity index (χ1n) is 5.44. The van der Waals surface area contributed by atoms with Crippen LogP contribution in [0.4, 0.5) is 0 Å². The number of hydrogen-bond acceptors (Lipinski definition) is 1. The molecule has 0 aliphatic carbocycles. The highest BCUT2D eigenvalue weighted by molar-refractivity contribution is 5.73. The van der Waals surface area contributed by atoms with Crippen LogP contribution in [0.3, 0.4) is 0 Å².